The van der Waals surface area contributed by atoms with Crippen LogP contribution in [0.15, 0.2) is 36.4 Å². The van der Waals surface area contributed by atoms with Gasteiger partial charge < -0.3 is 14.2 Å². The first-order chi connectivity index (χ1) is 11.5. The van der Waals surface area contributed by atoms with Gasteiger partial charge in [-0.25, -0.2) is 4.79 Å². The predicted octanol–water partition coefficient (Wildman–Crippen LogP) is 4.05. The Balaban J connectivity index is 2.07. The van der Waals surface area contributed by atoms with E-state index in [2.05, 4.69) is 0 Å². The number of hydrogen-bond donors (Lipinski definition) is 0. The van der Waals surface area contributed by atoms with E-state index in [0.717, 1.165) is 0 Å². The van der Waals surface area contributed by atoms with E-state index in [1.54, 1.807) is 18.2 Å². The Hall–Kier alpha value is -2.24. The smallest absolute Gasteiger partial charge is 0.340 e. The first kappa shape index (κ1) is 18.1. The van der Waals surface area contributed by atoms with Crippen molar-refractivity contribution < 1.29 is 23.8 Å². The zero-order valence-corrected chi connectivity index (χ0v) is 14.5. The minimum Gasteiger partial charge on any atom is -0.493 e. The lowest BCUT2D eigenvalue weighted by molar-refractivity contribution is 0.0475. The van der Waals surface area contributed by atoms with Gasteiger partial charge in [-0.1, -0.05) is 23.2 Å². The van der Waals surface area contributed by atoms with Gasteiger partial charge in [-0.2, -0.15) is 0 Å². The number of hydrogen-bond acceptors (Lipinski definition) is 5. The number of rotatable bonds is 6. The standard InChI is InChI=1S/C17H14Cl2O5/c1-22-15-6-3-10(7-16(15)23-2)14(20)9-24-17(21)12-8-11(18)4-5-13(12)19/h3-8H,9H2,1-2H3. The van der Waals surface area contributed by atoms with Crippen LogP contribution in [0.1, 0.15) is 20.7 Å². The van der Waals surface area contributed by atoms with Crippen molar-refractivity contribution in [2.75, 3.05) is 20.8 Å². The van der Waals surface area contributed by atoms with Gasteiger partial charge >= 0.3 is 5.97 Å². The van der Waals surface area contributed by atoms with Gasteiger partial charge in [0.15, 0.2) is 23.9 Å². The van der Waals surface area contributed by atoms with Crippen LogP contribution in [-0.2, 0) is 4.74 Å². The quantitative estimate of drug-likeness (QED) is 0.568. The molecule has 0 aliphatic carbocycles. The van der Waals surface area contributed by atoms with Gasteiger partial charge in [0.05, 0.1) is 24.8 Å². The third-order valence-electron chi connectivity index (χ3n) is 3.19. The van der Waals surface area contributed by atoms with E-state index in [-0.39, 0.29) is 16.4 Å². The van der Waals surface area contributed by atoms with Crippen molar-refractivity contribution in [2.24, 2.45) is 0 Å². The van der Waals surface area contributed by atoms with Crippen molar-refractivity contribution in [1.29, 1.82) is 0 Å². The monoisotopic (exact) mass is 368 g/mol. The van der Waals surface area contributed by atoms with Crippen LogP contribution in [-0.4, -0.2) is 32.6 Å². The van der Waals surface area contributed by atoms with Crippen molar-refractivity contribution >= 4 is 35.0 Å². The molecule has 0 aliphatic rings. The fourth-order valence-corrected chi connectivity index (χ4v) is 2.32. The molecule has 0 unspecified atom stereocenters. The van der Waals surface area contributed by atoms with Crippen molar-refractivity contribution in [3.63, 3.8) is 0 Å². The number of carbonyl (C=O) groups excluding carboxylic acids is 2. The minimum atomic E-state index is -0.726. The molecule has 0 amide bonds. The van der Waals surface area contributed by atoms with E-state index < -0.39 is 12.6 Å². The molecule has 0 saturated heterocycles. The van der Waals surface area contributed by atoms with Crippen LogP contribution >= 0.6 is 23.2 Å². The average Bonchev–Trinajstić information content (AvgIpc) is 2.60. The summed E-state index contributed by atoms with van der Waals surface area (Å²) in [5, 5.41) is 0.542. The molecule has 0 radical (unpaired) electrons. The molecule has 24 heavy (non-hydrogen) atoms. The Morgan fingerprint density at radius 3 is 2.33 bits per heavy atom. The maximum Gasteiger partial charge on any atom is 0.340 e. The molecule has 0 aliphatic heterocycles. The minimum absolute atomic E-state index is 0.101. The molecule has 5 nitrogen and oxygen atoms in total. The van der Waals surface area contributed by atoms with Crippen molar-refractivity contribution in [3.8, 4) is 11.5 Å². The molecule has 0 aromatic heterocycles. The molecule has 0 fully saturated rings. The fourth-order valence-electron chi connectivity index (χ4n) is 1.96. The summed E-state index contributed by atoms with van der Waals surface area (Å²) in [6.07, 6.45) is 0. The highest BCUT2D eigenvalue weighted by Crippen LogP contribution is 2.28. The largest absolute Gasteiger partial charge is 0.493 e. The van der Waals surface area contributed by atoms with Crippen LogP contribution in [0.2, 0.25) is 10.0 Å². The molecule has 0 bridgehead atoms. The Bertz CT molecular complexity index is 774. The molecule has 0 N–H and O–H groups in total. The molecule has 0 saturated carbocycles. The van der Waals surface area contributed by atoms with Crippen LogP contribution in [0.25, 0.3) is 0 Å². The number of halogens is 2. The maximum absolute atomic E-state index is 12.2. The summed E-state index contributed by atoms with van der Waals surface area (Å²) in [7, 11) is 2.96. The number of ether oxygens (including phenoxy) is 3. The third-order valence-corrected chi connectivity index (χ3v) is 3.75. The number of carbonyl (C=O) groups is 2. The van der Waals surface area contributed by atoms with Gasteiger partial charge in [-0.15, -0.1) is 0 Å². The molecule has 2 aromatic carbocycles. The van der Waals surface area contributed by atoms with Gasteiger partial charge in [-0.3, -0.25) is 4.79 Å². The van der Waals surface area contributed by atoms with E-state index in [0.29, 0.717) is 22.1 Å². The van der Waals surface area contributed by atoms with Crippen LogP contribution in [0.3, 0.4) is 0 Å². The normalized spacial score (nSPS) is 10.2. The number of Topliss-reactive ketones (excluding diaryl/α,β-unsaturated/α-hetero) is 1. The highest BCUT2D eigenvalue weighted by atomic mass is 35.5. The first-order valence-electron chi connectivity index (χ1n) is 6.83. The van der Waals surface area contributed by atoms with E-state index >= 15 is 0 Å². The summed E-state index contributed by atoms with van der Waals surface area (Å²) in [6, 6.07) is 9.09. The van der Waals surface area contributed by atoms with Gasteiger partial charge in [0.1, 0.15) is 0 Å². The van der Waals surface area contributed by atoms with Crippen LogP contribution in [0.5, 0.6) is 11.5 Å². The Labute approximate surface area is 149 Å². The second-order valence-electron chi connectivity index (χ2n) is 4.69. The van der Waals surface area contributed by atoms with Crippen LogP contribution in [0.4, 0.5) is 0 Å². The zero-order valence-electron chi connectivity index (χ0n) is 13.0. The van der Waals surface area contributed by atoms with Gasteiger partial charge in [0.25, 0.3) is 0 Å². The Morgan fingerprint density at radius 2 is 1.67 bits per heavy atom. The summed E-state index contributed by atoms with van der Waals surface area (Å²) in [4.78, 5) is 24.2. The summed E-state index contributed by atoms with van der Waals surface area (Å²) in [5.74, 6) is -0.205. The second kappa shape index (κ2) is 8.04. The summed E-state index contributed by atoms with van der Waals surface area (Å²) in [6.45, 7) is -0.433. The maximum atomic E-state index is 12.2. The lowest BCUT2D eigenvalue weighted by atomic mass is 10.1. The molecular weight excluding hydrogens is 355 g/mol. The summed E-state index contributed by atoms with van der Waals surface area (Å²) < 4.78 is 15.2. The van der Waals surface area contributed by atoms with E-state index in [1.807, 2.05) is 0 Å². The average molecular weight is 369 g/mol. The zero-order chi connectivity index (χ0) is 17.7. The van der Waals surface area contributed by atoms with Gasteiger partial charge in [-0.05, 0) is 36.4 Å². The van der Waals surface area contributed by atoms with Crippen molar-refractivity contribution in [3.05, 3.63) is 57.6 Å². The molecule has 2 aromatic rings. The molecule has 0 heterocycles. The Kier molecular flexibility index (Phi) is 6.06. The predicted molar refractivity (Wildman–Crippen MR) is 90.6 cm³/mol. The topological polar surface area (TPSA) is 61.8 Å². The highest BCUT2D eigenvalue weighted by molar-refractivity contribution is 6.35. The van der Waals surface area contributed by atoms with Gasteiger partial charge in [0.2, 0.25) is 0 Å². The molecule has 0 atom stereocenters. The number of esters is 1. The van der Waals surface area contributed by atoms with Crippen LogP contribution < -0.4 is 9.47 Å². The van der Waals surface area contributed by atoms with Gasteiger partial charge in [0, 0.05) is 10.6 Å². The lowest BCUT2D eigenvalue weighted by Gasteiger charge is -2.10. The van der Waals surface area contributed by atoms with E-state index in [9.17, 15) is 9.59 Å². The van der Waals surface area contributed by atoms with E-state index in [4.69, 9.17) is 37.4 Å². The Morgan fingerprint density at radius 1 is 0.958 bits per heavy atom. The third kappa shape index (κ3) is 4.19. The molecule has 2 rings (SSSR count). The molecule has 0 spiro atoms. The molecular formula is C17H14Cl2O5. The van der Waals surface area contributed by atoms with E-state index in [1.165, 1.54) is 32.4 Å². The van der Waals surface area contributed by atoms with Crippen molar-refractivity contribution in [2.45, 2.75) is 0 Å². The molecule has 7 heteroatoms. The SMILES string of the molecule is COc1ccc(C(=O)COC(=O)c2cc(Cl)ccc2Cl)cc1OC. The summed E-state index contributed by atoms with van der Waals surface area (Å²) in [5.41, 5.74) is 0.432. The van der Waals surface area contributed by atoms with Crippen molar-refractivity contribution in [1.82, 2.24) is 0 Å². The summed E-state index contributed by atoms with van der Waals surface area (Å²) >= 11 is 11.7. The lowest BCUT2D eigenvalue weighted by Crippen LogP contribution is -2.14. The number of benzene rings is 2. The number of ketones is 1. The highest BCUT2D eigenvalue weighted by Gasteiger charge is 2.16. The second-order valence-corrected chi connectivity index (χ2v) is 5.54. The first-order valence-corrected chi connectivity index (χ1v) is 7.59. The number of methoxy groups -OCH3 is 2. The fraction of sp³-hybridized carbons (Fsp3) is 0.176. The van der Waals surface area contributed by atoms with Crippen LogP contribution in [0, 0.1) is 0 Å². The molecule has 126 valence electrons.